The molecule has 0 saturated heterocycles. The van der Waals surface area contributed by atoms with Crippen LogP contribution in [0.4, 0.5) is 5.69 Å². The quantitative estimate of drug-likeness (QED) is 0.333. The molecule has 1 aromatic carbocycles. The number of carbonyl (C=O) groups excluding carboxylic acids is 2. The fourth-order valence-electron chi connectivity index (χ4n) is 5.17. The average Bonchev–Trinajstić information content (AvgIpc) is 2.69. The predicted octanol–water partition coefficient (Wildman–Crippen LogP) is 3.40. The van der Waals surface area contributed by atoms with Crippen LogP contribution in [0.3, 0.4) is 0 Å². The van der Waals surface area contributed by atoms with Crippen molar-refractivity contribution < 1.29 is 14.5 Å². The van der Waals surface area contributed by atoms with Crippen molar-refractivity contribution in [1.82, 2.24) is 10.0 Å². The highest BCUT2D eigenvalue weighted by Gasteiger charge is 2.49. The summed E-state index contributed by atoms with van der Waals surface area (Å²) in [6, 6.07) is 6.28. The number of nitro benzene ring substituents is 1. The first kappa shape index (κ1) is 23.5. The molecule has 1 aromatic rings. The van der Waals surface area contributed by atoms with Gasteiger partial charge in [-0.1, -0.05) is 19.9 Å². The first-order valence-electron chi connectivity index (χ1n) is 10.7. The number of nitrogens with zero attached hydrogens (tertiary/aromatic N) is 1. The number of non-ortho nitro benzene ring substituents is 1. The van der Waals surface area contributed by atoms with Gasteiger partial charge in [-0.2, -0.15) is 0 Å². The van der Waals surface area contributed by atoms with Gasteiger partial charge in [0.25, 0.3) is 5.69 Å². The van der Waals surface area contributed by atoms with E-state index in [9.17, 15) is 19.7 Å². The van der Waals surface area contributed by atoms with Crippen molar-refractivity contribution in [2.24, 2.45) is 28.9 Å². The Morgan fingerprint density at radius 3 is 2.65 bits per heavy atom. The number of hydrogen-bond donors (Lipinski definition) is 3. The zero-order valence-electron chi connectivity index (χ0n) is 18.5. The SMILES string of the molecule is CC1CC2CC(CC(C)(C(N)=O)C2)C1NC(=O)C(C)(C)NSc1cccc([N+](=O)[O-])c1. The van der Waals surface area contributed by atoms with Crippen molar-refractivity contribution >= 4 is 29.4 Å². The molecule has 2 bridgehead atoms. The van der Waals surface area contributed by atoms with Gasteiger partial charge in [-0.3, -0.25) is 19.7 Å². The van der Waals surface area contributed by atoms with Crippen molar-refractivity contribution in [3.8, 4) is 0 Å². The number of nitrogens with one attached hydrogen (secondary N) is 2. The van der Waals surface area contributed by atoms with Crippen molar-refractivity contribution in [3.05, 3.63) is 34.4 Å². The molecule has 5 atom stereocenters. The minimum Gasteiger partial charge on any atom is -0.369 e. The van der Waals surface area contributed by atoms with Crippen molar-refractivity contribution in [1.29, 1.82) is 0 Å². The van der Waals surface area contributed by atoms with E-state index in [0.717, 1.165) is 19.3 Å². The third kappa shape index (κ3) is 5.20. The topological polar surface area (TPSA) is 127 Å². The lowest BCUT2D eigenvalue weighted by Crippen LogP contribution is -2.59. The number of nitro groups is 1. The highest BCUT2D eigenvalue weighted by Crippen LogP contribution is 2.50. The molecule has 170 valence electrons. The van der Waals surface area contributed by atoms with Crippen molar-refractivity contribution in [2.75, 3.05) is 0 Å². The van der Waals surface area contributed by atoms with Crippen molar-refractivity contribution in [3.63, 3.8) is 0 Å². The summed E-state index contributed by atoms with van der Waals surface area (Å²) in [6.07, 6.45) is 3.51. The summed E-state index contributed by atoms with van der Waals surface area (Å²) in [4.78, 5) is 36.4. The summed E-state index contributed by atoms with van der Waals surface area (Å²) in [5.41, 5.74) is 4.30. The van der Waals surface area contributed by atoms with Crippen LogP contribution in [0.5, 0.6) is 0 Å². The Hall–Kier alpha value is -2.13. The fourth-order valence-corrected chi connectivity index (χ4v) is 5.96. The number of hydrogen-bond acceptors (Lipinski definition) is 6. The molecule has 2 aliphatic rings. The molecule has 3 rings (SSSR count). The monoisotopic (exact) mass is 448 g/mol. The smallest absolute Gasteiger partial charge is 0.270 e. The van der Waals surface area contributed by atoms with Gasteiger partial charge < -0.3 is 11.1 Å². The Morgan fingerprint density at radius 1 is 1.29 bits per heavy atom. The number of nitrogens with two attached hydrogens (primary N) is 1. The van der Waals surface area contributed by atoms with Gasteiger partial charge in [0.15, 0.2) is 0 Å². The number of rotatable bonds is 7. The van der Waals surface area contributed by atoms with E-state index in [2.05, 4.69) is 17.0 Å². The Balaban J connectivity index is 1.65. The molecule has 0 spiro atoms. The van der Waals surface area contributed by atoms with E-state index >= 15 is 0 Å². The maximum atomic E-state index is 13.1. The van der Waals surface area contributed by atoms with Crippen molar-refractivity contribution in [2.45, 2.75) is 69.9 Å². The molecule has 2 aliphatic carbocycles. The van der Waals surface area contributed by atoms with Crippen LogP contribution in [-0.2, 0) is 9.59 Å². The minimum atomic E-state index is -0.895. The lowest BCUT2D eigenvalue weighted by Gasteiger charge is -2.50. The van der Waals surface area contributed by atoms with Gasteiger partial charge in [-0.25, -0.2) is 4.72 Å². The summed E-state index contributed by atoms with van der Waals surface area (Å²) >= 11 is 1.20. The van der Waals surface area contributed by atoms with Gasteiger partial charge in [-0.05, 0) is 75.3 Å². The summed E-state index contributed by atoms with van der Waals surface area (Å²) < 4.78 is 3.14. The van der Waals surface area contributed by atoms with Crippen LogP contribution in [0.25, 0.3) is 0 Å². The second kappa shape index (κ2) is 8.78. The molecule has 2 amide bonds. The van der Waals surface area contributed by atoms with Crippen LogP contribution in [0.2, 0.25) is 0 Å². The van der Waals surface area contributed by atoms with E-state index in [0.29, 0.717) is 23.2 Å². The second-order valence-electron chi connectivity index (χ2n) is 9.99. The highest BCUT2D eigenvalue weighted by molar-refractivity contribution is 7.97. The molecule has 0 radical (unpaired) electrons. The zero-order chi connectivity index (χ0) is 23.0. The van der Waals surface area contributed by atoms with Crippen LogP contribution in [0.15, 0.2) is 29.2 Å². The highest BCUT2D eigenvalue weighted by atomic mass is 32.2. The van der Waals surface area contributed by atoms with Crippen LogP contribution in [0, 0.1) is 33.3 Å². The molecule has 9 heteroatoms. The maximum Gasteiger partial charge on any atom is 0.270 e. The Bertz CT molecular complexity index is 875. The molecule has 5 unspecified atom stereocenters. The minimum absolute atomic E-state index is 0.00777. The van der Waals surface area contributed by atoms with E-state index < -0.39 is 15.9 Å². The number of amides is 2. The first-order valence-corrected chi connectivity index (χ1v) is 11.5. The number of benzene rings is 1. The zero-order valence-corrected chi connectivity index (χ0v) is 19.3. The second-order valence-corrected chi connectivity index (χ2v) is 10.9. The number of fused-ring (bicyclic) bond motifs is 2. The predicted molar refractivity (Wildman–Crippen MR) is 120 cm³/mol. The molecular weight excluding hydrogens is 416 g/mol. The average molecular weight is 449 g/mol. The molecule has 31 heavy (non-hydrogen) atoms. The van der Waals surface area contributed by atoms with Gasteiger partial charge in [0.05, 0.1) is 4.92 Å². The summed E-state index contributed by atoms with van der Waals surface area (Å²) in [5.74, 6) is 0.633. The summed E-state index contributed by atoms with van der Waals surface area (Å²) in [6.45, 7) is 7.69. The Labute approximate surface area is 187 Å². The fraction of sp³-hybridized carbons (Fsp3) is 0.636. The normalized spacial score (nSPS) is 30.5. The van der Waals surface area contributed by atoms with Gasteiger partial charge in [0.1, 0.15) is 5.54 Å². The molecule has 0 heterocycles. The summed E-state index contributed by atoms with van der Waals surface area (Å²) in [5, 5.41) is 14.2. The van der Waals surface area contributed by atoms with E-state index in [1.807, 2.05) is 6.92 Å². The standard InChI is InChI=1S/C22H32N4O4S/c1-13-8-14-9-15(12-22(4,11-14)19(23)27)18(13)24-20(28)21(2,3)25-31-17-7-5-6-16(10-17)26(29)30/h5-7,10,13-15,18,25H,8-9,11-12H2,1-4H3,(H2,23,27)(H,24,28). The van der Waals surface area contributed by atoms with Gasteiger partial charge in [0.2, 0.25) is 11.8 Å². The third-order valence-corrected chi connectivity index (χ3v) is 7.93. The largest absolute Gasteiger partial charge is 0.369 e. The molecule has 4 N–H and O–H groups in total. The molecule has 2 fully saturated rings. The molecular formula is C22H32N4O4S. The van der Waals surface area contributed by atoms with Gasteiger partial charge in [0, 0.05) is 28.5 Å². The van der Waals surface area contributed by atoms with E-state index in [1.165, 1.54) is 24.1 Å². The lowest BCUT2D eigenvalue weighted by molar-refractivity contribution is -0.385. The molecule has 2 saturated carbocycles. The van der Waals surface area contributed by atoms with Gasteiger partial charge >= 0.3 is 0 Å². The van der Waals surface area contributed by atoms with E-state index in [4.69, 9.17) is 5.73 Å². The lowest BCUT2D eigenvalue weighted by atomic mass is 9.57. The van der Waals surface area contributed by atoms with Crippen LogP contribution in [0.1, 0.15) is 53.4 Å². The van der Waals surface area contributed by atoms with Crippen LogP contribution in [-0.4, -0.2) is 28.3 Å². The van der Waals surface area contributed by atoms with Gasteiger partial charge in [-0.15, -0.1) is 0 Å². The van der Waals surface area contributed by atoms with E-state index in [1.54, 1.807) is 26.0 Å². The van der Waals surface area contributed by atoms with Crippen LogP contribution >= 0.6 is 11.9 Å². The maximum absolute atomic E-state index is 13.1. The first-order chi connectivity index (χ1) is 14.4. The molecule has 0 aromatic heterocycles. The Kier molecular flexibility index (Phi) is 6.67. The third-order valence-electron chi connectivity index (χ3n) is 6.83. The molecule has 0 aliphatic heterocycles. The van der Waals surface area contributed by atoms with E-state index in [-0.39, 0.29) is 29.5 Å². The van der Waals surface area contributed by atoms with Crippen LogP contribution < -0.4 is 15.8 Å². The number of primary amides is 1. The Morgan fingerprint density at radius 2 is 2.00 bits per heavy atom. The summed E-state index contributed by atoms with van der Waals surface area (Å²) in [7, 11) is 0. The molecule has 8 nitrogen and oxygen atoms in total. The number of carbonyl (C=O) groups is 2.